The maximum Gasteiger partial charge on any atom is 0.267 e. The van der Waals surface area contributed by atoms with E-state index in [2.05, 4.69) is 5.32 Å². The molecule has 2 rings (SSSR count). The molecular weight excluding hydrogens is 330 g/mol. The minimum Gasteiger partial charge on any atom is -0.399 e. The number of nitrogens with two attached hydrogens (primary N) is 1. The number of benzene rings is 2. The van der Waals surface area contributed by atoms with Gasteiger partial charge in [-0.1, -0.05) is 12.1 Å². The van der Waals surface area contributed by atoms with Crippen LogP contribution in [0.2, 0.25) is 0 Å². The molecule has 0 aliphatic heterocycles. The van der Waals surface area contributed by atoms with E-state index in [0.29, 0.717) is 11.4 Å². The highest BCUT2D eigenvalue weighted by Crippen LogP contribution is 2.19. The molecule has 0 spiro atoms. The standard InChI is InChI=1S/C19H15N5O2/c1-13(25)24(17-8-6-16(22)7-9-17)12-15(11-21)19(26)23-18-5-3-2-4-14(18)10-20/h2-9,12H,22H2,1H3,(H,23,26)/b15-12-. The molecule has 128 valence electrons. The van der Waals surface area contributed by atoms with E-state index in [4.69, 9.17) is 11.0 Å². The number of nitriles is 2. The van der Waals surface area contributed by atoms with Crippen molar-refractivity contribution in [2.24, 2.45) is 0 Å². The topological polar surface area (TPSA) is 123 Å². The molecule has 0 saturated carbocycles. The second-order valence-electron chi connectivity index (χ2n) is 5.25. The molecule has 0 fully saturated rings. The van der Waals surface area contributed by atoms with Gasteiger partial charge < -0.3 is 11.1 Å². The molecular formula is C19H15N5O2. The molecule has 2 amide bonds. The van der Waals surface area contributed by atoms with Gasteiger partial charge in [0.2, 0.25) is 5.91 Å². The lowest BCUT2D eigenvalue weighted by Crippen LogP contribution is -2.25. The van der Waals surface area contributed by atoms with Crippen LogP contribution in [-0.4, -0.2) is 11.8 Å². The van der Waals surface area contributed by atoms with Crippen LogP contribution in [0.1, 0.15) is 12.5 Å². The van der Waals surface area contributed by atoms with Crippen molar-refractivity contribution >= 4 is 28.9 Å². The molecule has 0 saturated heterocycles. The number of hydrogen-bond donors (Lipinski definition) is 2. The Balaban J connectivity index is 2.33. The van der Waals surface area contributed by atoms with Crippen molar-refractivity contribution < 1.29 is 9.59 Å². The van der Waals surface area contributed by atoms with Crippen LogP contribution >= 0.6 is 0 Å². The number of para-hydroxylation sites is 1. The third-order valence-corrected chi connectivity index (χ3v) is 3.43. The van der Waals surface area contributed by atoms with Gasteiger partial charge >= 0.3 is 0 Å². The van der Waals surface area contributed by atoms with Crippen LogP contribution in [0.5, 0.6) is 0 Å². The minimum atomic E-state index is -0.725. The Labute approximate surface area is 150 Å². The van der Waals surface area contributed by atoms with Crippen molar-refractivity contribution in [3.8, 4) is 12.1 Å². The lowest BCUT2D eigenvalue weighted by Gasteiger charge is -2.17. The summed E-state index contributed by atoms with van der Waals surface area (Å²) in [6.07, 6.45) is 1.15. The summed E-state index contributed by atoms with van der Waals surface area (Å²) in [5, 5.41) is 20.9. The number of rotatable bonds is 4. The Morgan fingerprint density at radius 1 is 1.12 bits per heavy atom. The highest BCUT2D eigenvalue weighted by atomic mass is 16.2. The van der Waals surface area contributed by atoms with Crippen molar-refractivity contribution in [2.75, 3.05) is 16.0 Å². The number of carbonyl (C=O) groups is 2. The fraction of sp³-hybridized carbons (Fsp3) is 0.0526. The third kappa shape index (κ3) is 4.25. The van der Waals surface area contributed by atoms with E-state index < -0.39 is 5.91 Å². The quantitative estimate of drug-likeness (QED) is 0.501. The summed E-state index contributed by atoms with van der Waals surface area (Å²) >= 11 is 0. The summed E-state index contributed by atoms with van der Waals surface area (Å²) < 4.78 is 0. The summed E-state index contributed by atoms with van der Waals surface area (Å²) in [6.45, 7) is 1.31. The third-order valence-electron chi connectivity index (χ3n) is 3.43. The molecule has 0 radical (unpaired) electrons. The first-order valence-corrected chi connectivity index (χ1v) is 7.54. The fourth-order valence-electron chi connectivity index (χ4n) is 2.13. The van der Waals surface area contributed by atoms with E-state index in [1.807, 2.05) is 6.07 Å². The zero-order chi connectivity index (χ0) is 19.1. The molecule has 0 aliphatic rings. The maximum absolute atomic E-state index is 12.4. The lowest BCUT2D eigenvalue weighted by molar-refractivity contribution is -0.116. The van der Waals surface area contributed by atoms with E-state index >= 15 is 0 Å². The van der Waals surface area contributed by atoms with Crippen molar-refractivity contribution in [1.82, 2.24) is 0 Å². The maximum atomic E-state index is 12.4. The monoisotopic (exact) mass is 345 g/mol. The molecule has 0 atom stereocenters. The highest BCUT2D eigenvalue weighted by molar-refractivity contribution is 6.08. The summed E-state index contributed by atoms with van der Waals surface area (Å²) in [5.74, 6) is -1.11. The number of hydrogen-bond acceptors (Lipinski definition) is 5. The molecule has 0 aliphatic carbocycles. The van der Waals surface area contributed by atoms with E-state index in [9.17, 15) is 14.9 Å². The van der Waals surface area contributed by atoms with Crippen LogP contribution < -0.4 is 16.0 Å². The first kappa shape index (κ1) is 18.2. The van der Waals surface area contributed by atoms with Crippen molar-refractivity contribution in [3.63, 3.8) is 0 Å². The van der Waals surface area contributed by atoms with Crippen LogP contribution in [0.25, 0.3) is 0 Å². The largest absolute Gasteiger partial charge is 0.399 e. The van der Waals surface area contributed by atoms with Crippen molar-refractivity contribution in [3.05, 3.63) is 65.9 Å². The first-order valence-electron chi connectivity index (χ1n) is 7.54. The molecule has 0 aromatic heterocycles. The van der Waals surface area contributed by atoms with Crippen molar-refractivity contribution in [1.29, 1.82) is 10.5 Å². The second kappa shape index (κ2) is 8.13. The average Bonchev–Trinajstić information content (AvgIpc) is 2.63. The Kier molecular flexibility index (Phi) is 5.71. The molecule has 0 unspecified atom stereocenters. The summed E-state index contributed by atoms with van der Waals surface area (Å²) in [4.78, 5) is 25.5. The van der Waals surface area contributed by atoms with Gasteiger partial charge in [0.15, 0.2) is 0 Å². The van der Waals surface area contributed by atoms with Gasteiger partial charge in [-0.2, -0.15) is 10.5 Å². The lowest BCUT2D eigenvalue weighted by atomic mass is 10.2. The summed E-state index contributed by atoms with van der Waals surface area (Å²) in [5.41, 5.74) is 6.87. The smallest absolute Gasteiger partial charge is 0.267 e. The highest BCUT2D eigenvalue weighted by Gasteiger charge is 2.16. The molecule has 2 aromatic carbocycles. The fourth-order valence-corrected chi connectivity index (χ4v) is 2.13. The summed E-state index contributed by atoms with van der Waals surface area (Å²) in [6, 6.07) is 16.6. The van der Waals surface area contributed by atoms with Gasteiger partial charge in [-0.15, -0.1) is 0 Å². The van der Waals surface area contributed by atoms with Crippen LogP contribution in [0.4, 0.5) is 17.1 Å². The number of nitrogen functional groups attached to an aromatic ring is 1. The molecule has 26 heavy (non-hydrogen) atoms. The Morgan fingerprint density at radius 3 is 2.35 bits per heavy atom. The summed E-state index contributed by atoms with van der Waals surface area (Å²) in [7, 11) is 0. The molecule has 3 N–H and O–H groups in total. The van der Waals surface area contributed by atoms with Gasteiger partial charge in [0.05, 0.1) is 11.3 Å². The van der Waals surface area contributed by atoms with E-state index in [-0.39, 0.29) is 22.7 Å². The number of carbonyl (C=O) groups excluding carboxylic acids is 2. The Hall–Kier alpha value is -4.10. The van der Waals surface area contributed by atoms with E-state index in [1.165, 1.54) is 11.8 Å². The number of anilines is 3. The van der Waals surface area contributed by atoms with E-state index in [0.717, 1.165) is 6.20 Å². The van der Waals surface area contributed by atoms with Crippen LogP contribution in [0.3, 0.4) is 0 Å². The number of nitrogens with one attached hydrogen (secondary N) is 1. The number of amides is 2. The average molecular weight is 345 g/mol. The van der Waals surface area contributed by atoms with E-state index in [1.54, 1.807) is 54.6 Å². The van der Waals surface area contributed by atoms with Crippen LogP contribution in [0, 0.1) is 22.7 Å². The SMILES string of the molecule is CC(=O)N(/C=C(/C#N)C(=O)Nc1ccccc1C#N)c1ccc(N)cc1. The van der Waals surface area contributed by atoms with Crippen molar-refractivity contribution in [2.45, 2.75) is 6.92 Å². The molecule has 7 nitrogen and oxygen atoms in total. The molecule has 2 aromatic rings. The zero-order valence-corrected chi connectivity index (χ0v) is 13.9. The van der Waals surface area contributed by atoms with Crippen LogP contribution in [0.15, 0.2) is 60.3 Å². The van der Waals surface area contributed by atoms with Gasteiger partial charge in [-0.3, -0.25) is 14.5 Å². The Morgan fingerprint density at radius 2 is 1.77 bits per heavy atom. The van der Waals surface area contributed by atoms with Gasteiger partial charge in [-0.25, -0.2) is 0 Å². The molecule has 7 heteroatoms. The number of nitrogens with zero attached hydrogens (tertiary/aromatic N) is 3. The van der Waals surface area contributed by atoms with Gasteiger partial charge in [-0.05, 0) is 36.4 Å². The molecule has 0 heterocycles. The predicted octanol–water partition coefficient (Wildman–Crippen LogP) is 2.54. The minimum absolute atomic E-state index is 0.264. The normalized spacial score (nSPS) is 10.3. The Bertz CT molecular complexity index is 949. The van der Waals surface area contributed by atoms with Crippen LogP contribution in [-0.2, 0) is 9.59 Å². The first-order chi connectivity index (χ1) is 12.5. The zero-order valence-electron chi connectivity index (χ0n) is 13.9. The predicted molar refractivity (Wildman–Crippen MR) is 97.5 cm³/mol. The molecule has 0 bridgehead atoms. The van der Waals surface area contributed by atoms with Gasteiger partial charge in [0.25, 0.3) is 5.91 Å². The van der Waals surface area contributed by atoms with Gasteiger partial charge in [0.1, 0.15) is 17.7 Å². The van der Waals surface area contributed by atoms with Gasteiger partial charge in [0, 0.05) is 24.5 Å². The second-order valence-corrected chi connectivity index (χ2v) is 5.25.